The number of hydrogen-bond acceptors (Lipinski definition) is 3. The Kier molecular flexibility index (Phi) is 2.25. The standard InChI is InChI=1S/C6H11N3O/c7-5(10)4-6-8-2-1-3-9-6/h1-4H2,(H2,7,10)(H,8,9). The van der Waals surface area contributed by atoms with Crippen LogP contribution in [-0.2, 0) is 4.79 Å². The van der Waals surface area contributed by atoms with E-state index in [1.165, 1.54) is 0 Å². The molecule has 56 valence electrons. The number of amides is 1. The third-order valence-electron chi connectivity index (χ3n) is 1.31. The van der Waals surface area contributed by atoms with Gasteiger partial charge in [0.25, 0.3) is 0 Å². The van der Waals surface area contributed by atoms with E-state index in [-0.39, 0.29) is 12.3 Å². The Morgan fingerprint density at radius 1 is 1.80 bits per heavy atom. The SMILES string of the molecule is NC(=O)CC1=NCCCN1. The highest BCUT2D eigenvalue weighted by molar-refractivity contribution is 5.99. The lowest BCUT2D eigenvalue weighted by atomic mass is 10.3. The van der Waals surface area contributed by atoms with Gasteiger partial charge >= 0.3 is 0 Å². The first-order valence-corrected chi connectivity index (χ1v) is 3.34. The minimum atomic E-state index is -0.326. The van der Waals surface area contributed by atoms with Gasteiger partial charge in [0.1, 0.15) is 5.84 Å². The highest BCUT2D eigenvalue weighted by Crippen LogP contribution is 1.91. The molecule has 0 aromatic carbocycles. The molecule has 1 heterocycles. The van der Waals surface area contributed by atoms with Crippen molar-refractivity contribution in [2.24, 2.45) is 10.7 Å². The van der Waals surface area contributed by atoms with Crippen LogP contribution in [0.5, 0.6) is 0 Å². The molecule has 10 heavy (non-hydrogen) atoms. The van der Waals surface area contributed by atoms with Crippen LogP contribution in [0, 0.1) is 0 Å². The molecular formula is C6H11N3O. The van der Waals surface area contributed by atoms with Crippen LogP contribution in [-0.4, -0.2) is 24.8 Å². The van der Waals surface area contributed by atoms with Crippen LogP contribution in [0.25, 0.3) is 0 Å². The molecule has 0 saturated carbocycles. The van der Waals surface area contributed by atoms with Crippen LogP contribution >= 0.6 is 0 Å². The third-order valence-corrected chi connectivity index (χ3v) is 1.31. The van der Waals surface area contributed by atoms with Crippen molar-refractivity contribution in [3.63, 3.8) is 0 Å². The number of hydrogen-bond donors (Lipinski definition) is 2. The second-order valence-corrected chi connectivity index (χ2v) is 2.25. The zero-order chi connectivity index (χ0) is 7.40. The minimum absolute atomic E-state index is 0.250. The normalized spacial score (nSPS) is 17.4. The molecule has 0 atom stereocenters. The van der Waals surface area contributed by atoms with E-state index in [1.54, 1.807) is 0 Å². The molecule has 1 rings (SSSR count). The molecule has 1 amide bonds. The van der Waals surface area contributed by atoms with Crippen LogP contribution in [0.2, 0.25) is 0 Å². The van der Waals surface area contributed by atoms with Gasteiger partial charge in [-0.3, -0.25) is 9.79 Å². The van der Waals surface area contributed by atoms with Crippen molar-refractivity contribution in [2.45, 2.75) is 12.8 Å². The average molecular weight is 141 g/mol. The summed E-state index contributed by atoms with van der Waals surface area (Å²) in [5.74, 6) is 0.409. The van der Waals surface area contributed by atoms with Crippen molar-refractivity contribution in [3.8, 4) is 0 Å². The summed E-state index contributed by atoms with van der Waals surface area (Å²) >= 11 is 0. The summed E-state index contributed by atoms with van der Waals surface area (Å²) in [5, 5.41) is 3.00. The molecule has 0 fully saturated rings. The largest absolute Gasteiger partial charge is 0.373 e. The van der Waals surface area contributed by atoms with Crippen LogP contribution in [0.3, 0.4) is 0 Å². The van der Waals surface area contributed by atoms with Crippen LogP contribution < -0.4 is 11.1 Å². The smallest absolute Gasteiger partial charge is 0.224 e. The van der Waals surface area contributed by atoms with Crippen LogP contribution in [0.15, 0.2) is 4.99 Å². The fourth-order valence-electron chi connectivity index (χ4n) is 0.865. The fourth-order valence-corrected chi connectivity index (χ4v) is 0.865. The maximum absolute atomic E-state index is 10.4. The molecule has 1 aliphatic heterocycles. The first-order chi connectivity index (χ1) is 4.79. The number of amidine groups is 1. The molecule has 0 saturated heterocycles. The maximum Gasteiger partial charge on any atom is 0.224 e. The number of nitrogens with two attached hydrogens (primary N) is 1. The van der Waals surface area contributed by atoms with Crippen LogP contribution in [0.1, 0.15) is 12.8 Å². The molecule has 0 radical (unpaired) electrons. The Morgan fingerprint density at radius 2 is 2.60 bits per heavy atom. The Bertz CT molecular complexity index is 164. The summed E-state index contributed by atoms with van der Waals surface area (Å²) < 4.78 is 0. The number of aliphatic imine (C=N–C) groups is 1. The Hall–Kier alpha value is -1.06. The van der Waals surface area contributed by atoms with E-state index in [4.69, 9.17) is 5.73 Å². The third kappa shape index (κ3) is 2.05. The van der Waals surface area contributed by atoms with E-state index in [1.807, 2.05) is 0 Å². The van der Waals surface area contributed by atoms with Gasteiger partial charge in [-0.05, 0) is 6.42 Å². The molecular weight excluding hydrogens is 130 g/mol. The fraction of sp³-hybridized carbons (Fsp3) is 0.667. The zero-order valence-electron chi connectivity index (χ0n) is 5.76. The number of nitrogens with zero attached hydrogens (tertiary/aromatic N) is 1. The second-order valence-electron chi connectivity index (χ2n) is 2.25. The van der Waals surface area contributed by atoms with Gasteiger partial charge in [0.2, 0.25) is 5.91 Å². The Balaban J connectivity index is 2.38. The summed E-state index contributed by atoms with van der Waals surface area (Å²) in [4.78, 5) is 14.4. The van der Waals surface area contributed by atoms with Gasteiger partial charge in [-0.15, -0.1) is 0 Å². The number of nitrogens with one attached hydrogen (secondary N) is 1. The lowest BCUT2D eigenvalue weighted by molar-refractivity contribution is -0.116. The molecule has 4 heteroatoms. The predicted octanol–water partition coefficient (Wildman–Crippen LogP) is -0.746. The Labute approximate surface area is 59.5 Å². The molecule has 0 unspecified atom stereocenters. The van der Waals surface area contributed by atoms with E-state index < -0.39 is 0 Å². The average Bonchev–Trinajstić information content (AvgIpc) is 1.88. The first-order valence-electron chi connectivity index (χ1n) is 3.34. The molecule has 0 bridgehead atoms. The van der Waals surface area contributed by atoms with Gasteiger partial charge in [0.15, 0.2) is 0 Å². The molecule has 0 aliphatic carbocycles. The highest BCUT2D eigenvalue weighted by Gasteiger charge is 2.05. The minimum Gasteiger partial charge on any atom is -0.373 e. The monoisotopic (exact) mass is 141 g/mol. The number of carbonyl (C=O) groups is 1. The van der Waals surface area contributed by atoms with E-state index in [9.17, 15) is 4.79 Å². The molecule has 0 aromatic heterocycles. The van der Waals surface area contributed by atoms with Crippen molar-refractivity contribution < 1.29 is 4.79 Å². The maximum atomic E-state index is 10.4. The number of carbonyl (C=O) groups excluding carboxylic acids is 1. The molecule has 1 aliphatic rings. The lowest BCUT2D eigenvalue weighted by Crippen LogP contribution is -2.32. The van der Waals surface area contributed by atoms with Gasteiger partial charge in [-0.25, -0.2) is 0 Å². The van der Waals surface area contributed by atoms with E-state index in [0.717, 1.165) is 25.3 Å². The quantitative estimate of drug-likeness (QED) is 0.531. The van der Waals surface area contributed by atoms with Gasteiger partial charge in [0.05, 0.1) is 6.42 Å². The predicted molar refractivity (Wildman–Crippen MR) is 38.7 cm³/mol. The van der Waals surface area contributed by atoms with Gasteiger partial charge in [-0.1, -0.05) is 0 Å². The summed E-state index contributed by atoms with van der Waals surface area (Å²) in [6.07, 6.45) is 1.29. The summed E-state index contributed by atoms with van der Waals surface area (Å²) in [6, 6.07) is 0. The number of rotatable bonds is 2. The summed E-state index contributed by atoms with van der Waals surface area (Å²) in [6.45, 7) is 1.72. The van der Waals surface area contributed by atoms with E-state index in [0.29, 0.717) is 0 Å². The van der Waals surface area contributed by atoms with Crippen molar-refractivity contribution in [2.75, 3.05) is 13.1 Å². The topological polar surface area (TPSA) is 67.5 Å². The van der Waals surface area contributed by atoms with Gasteiger partial charge < -0.3 is 11.1 Å². The van der Waals surface area contributed by atoms with Crippen LogP contribution in [0.4, 0.5) is 0 Å². The first kappa shape index (κ1) is 7.05. The van der Waals surface area contributed by atoms with Crippen molar-refractivity contribution in [1.82, 2.24) is 5.32 Å². The Morgan fingerprint density at radius 3 is 3.10 bits per heavy atom. The lowest BCUT2D eigenvalue weighted by Gasteiger charge is -2.12. The summed E-state index contributed by atoms with van der Waals surface area (Å²) in [7, 11) is 0. The number of primary amides is 1. The second kappa shape index (κ2) is 3.20. The zero-order valence-corrected chi connectivity index (χ0v) is 5.76. The molecule has 0 aromatic rings. The van der Waals surface area contributed by atoms with Crippen molar-refractivity contribution in [3.05, 3.63) is 0 Å². The molecule has 4 nitrogen and oxygen atoms in total. The van der Waals surface area contributed by atoms with Crippen molar-refractivity contribution >= 4 is 11.7 Å². The highest BCUT2D eigenvalue weighted by atomic mass is 16.1. The van der Waals surface area contributed by atoms with E-state index >= 15 is 0 Å². The molecule has 0 spiro atoms. The summed E-state index contributed by atoms with van der Waals surface area (Å²) in [5.41, 5.74) is 4.96. The van der Waals surface area contributed by atoms with Gasteiger partial charge in [0, 0.05) is 13.1 Å². The molecule has 3 N–H and O–H groups in total. The van der Waals surface area contributed by atoms with Crippen molar-refractivity contribution in [1.29, 1.82) is 0 Å². The van der Waals surface area contributed by atoms with Gasteiger partial charge in [-0.2, -0.15) is 0 Å². The van der Waals surface area contributed by atoms with E-state index in [2.05, 4.69) is 10.3 Å².